The van der Waals surface area contributed by atoms with Gasteiger partial charge in [-0.3, -0.25) is 0 Å². The third kappa shape index (κ3) is 4.79. The molecule has 0 saturated heterocycles. The lowest BCUT2D eigenvalue weighted by Crippen LogP contribution is -2.31. The van der Waals surface area contributed by atoms with Crippen molar-refractivity contribution < 1.29 is 4.42 Å². The molecule has 204 valence electrons. The highest BCUT2D eigenvalue weighted by Crippen LogP contribution is 2.33. The maximum Gasteiger partial charge on any atom is 0.227 e. The molecule has 1 N–H and O–H groups in total. The highest BCUT2D eigenvalue weighted by atomic mass is 16.3. The predicted octanol–water partition coefficient (Wildman–Crippen LogP) is 9.45. The largest absolute Gasteiger partial charge is 0.436 e. The Labute approximate surface area is 249 Å². The number of aromatic nitrogens is 1. The molecular formula is C39H27N3O. The van der Waals surface area contributed by atoms with Gasteiger partial charge in [0.25, 0.3) is 0 Å². The van der Waals surface area contributed by atoms with E-state index in [9.17, 15) is 0 Å². The van der Waals surface area contributed by atoms with Gasteiger partial charge >= 0.3 is 0 Å². The summed E-state index contributed by atoms with van der Waals surface area (Å²) in [6.45, 7) is 0. The first-order valence-electron chi connectivity index (χ1n) is 14.5. The summed E-state index contributed by atoms with van der Waals surface area (Å²) in [7, 11) is 0. The second kappa shape index (κ2) is 10.6. The molecule has 1 aliphatic rings. The average Bonchev–Trinajstić information content (AvgIpc) is 3.54. The lowest BCUT2D eigenvalue weighted by atomic mass is 9.97. The molecule has 0 bridgehead atoms. The van der Waals surface area contributed by atoms with Crippen LogP contribution in [-0.2, 0) is 0 Å². The SMILES string of the molecule is C1=C(c2ccccc2)N=C(c2cccc(-c3ccc4c(ccc5oc(-c6ccccc6)nc54)c3)c2)NC1c1ccccc1. The Morgan fingerprint density at radius 3 is 2.02 bits per heavy atom. The van der Waals surface area contributed by atoms with Crippen molar-refractivity contribution in [1.82, 2.24) is 10.3 Å². The maximum absolute atomic E-state index is 6.11. The van der Waals surface area contributed by atoms with E-state index in [4.69, 9.17) is 14.4 Å². The Kier molecular flexibility index (Phi) is 6.16. The minimum atomic E-state index is 0.0128. The molecule has 1 aliphatic heterocycles. The molecule has 43 heavy (non-hydrogen) atoms. The third-order valence-corrected chi connectivity index (χ3v) is 7.94. The molecule has 4 nitrogen and oxygen atoms in total. The van der Waals surface area contributed by atoms with Crippen LogP contribution in [0.4, 0.5) is 0 Å². The van der Waals surface area contributed by atoms with E-state index in [2.05, 4.69) is 108 Å². The van der Waals surface area contributed by atoms with E-state index in [1.165, 1.54) is 5.56 Å². The van der Waals surface area contributed by atoms with Gasteiger partial charge in [0.05, 0.1) is 11.7 Å². The van der Waals surface area contributed by atoms with Gasteiger partial charge < -0.3 is 9.73 Å². The van der Waals surface area contributed by atoms with E-state index in [0.717, 1.165) is 61.2 Å². The number of nitrogens with zero attached hydrogens (tertiary/aromatic N) is 2. The summed E-state index contributed by atoms with van der Waals surface area (Å²) in [5, 5.41) is 5.88. The van der Waals surface area contributed by atoms with Crippen molar-refractivity contribution in [1.29, 1.82) is 0 Å². The van der Waals surface area contributed by atoms with Crippen molar-refractivity contribution in [2.75, 3.05) is 0 Å². The molecule has 0 saturated carbocycles. The van der Waals surface area contributed by atoms with E-state index in [0.29, 0.717) is 5.89 Å². The van der Waals surface area contributed by atoms with Crippen molar-refractivity contribution >= 4 is 33.4 Å². The second-order valence-corrected chi connectivity index (χ2v) is 10.7. The molecule has 0 amide bonds. The van der Waals surface area contributed by atoms with Gasteiger partial charge in [-0.05, 0) is 64.0 Å². The number of fused-ring (bicyclic) bond motifs is 3. The molecule has 7 aromatic rings. The van der Waals surface area contributed by atoms with Crippen molar-refractivity contribution in [3.05, 3.63) is 168 Å². The van der Waals surface area contributed by atoms with Crippen LogP contribution in [0, 0.1) is 0 Å². The number of nitrogens with one attached hydrogen (secondary N) is 1. The van der Waals surface area contributed by atoms with Crippen LogP contribution >= 0.6 is 0 Å². The Hall–Kier alpha value is -5.74. The summed E-state index contributed by atoms with van der Waals surface area (Å²) in [6.07, 6.45) is 2.20. The quantitative estimate of drug-likeness (QED) is 0.231. The van der Waals surface area contributed by atoms with Gasteiger partial charge in [0.1, 0.15) is 11.4 Å². The molecule has 1 atom stereocenters. The monoisotopic (exact) mass is 553 g/mol. The molecule has 0 fully saturated rings. The normalized spacial score (nSPS) is 14.7. The molecule has 6 aromatic carbocycles. The van der Waals surface area contributed by atoms with Crippen molar-refractivity contribution in [2.45, 2.75) is 6.04 Å². The summed E-state index contributed by atoms with van der Waals surface area (Å²) < 4.78 is 6.11. The number of aliphatic imine (C=N–C) groups is 1. The summed E-state index contributed by atoms with van der Waals surface area (Å²) in [5.41, 5.74) is 9.20. The van der Waals surface area contributed by atoms with E-state index in [-0.39, 0.29) is 6.04 Å². The van der Waals surface area contributed by atoms with Gasteiger partial charge in [0.2, 0.25) is 5.89 Å². The number of hydrogen-bond acceptors (Lipinski definition) is 4. The lowest BCUT2D eigenvalue weighted by molar-refractivity contribution is 0.620. The molecule has 2 heterocycles. The lowest BCUT2D eigenvalue weighted by Gasteiger charge is -2.24. The van der Waals surface area contributed by atoms with Crippen molar-refractivity contribution in [2.24, 2.45) is 4.99 Å². The van der Waals surface area contributed by atoms with Gasteiger partial charge in [-0.2, -0.15) is 0 Å². The van der Waals surface area contributed by atoms with Crippen LogP contribution in [0.15, 0.2) is 161 Å². The van der Waals surface area contributed by atoms with Gasteiger partial charge in [0, 0.05) is 16.5 Å². The zero-order valence-corrected chi connectivity index (χ0v) is 23.3. The zero-order valence-electron chi connectivity index (χ0n) is 23.3. The Balaban J connectivity index is 1.16. The average molecular weight is 554 g/mol. The van der Waals surface area contributed by atoms with Crippen LogP contribution in [0.3, 0.4) is 0 Å². The van der Waals surface area contributed by atoms with Crippen LogP contribution in [0.2, 0.25) is 0 Å². The highest BCUT2D eigenvalue weighted by Gasteiger charge is 2.20. The van der Waals surface area contributed by atoms with E-state index >= 15 is 0 Å². The molecule has 0 radical (unpaired) electrons. The number of hydrogen-bond donors (Lipinski definition) is 1. The number of oxazole rings is 1. The maximum atomic E-state index is 6.11. The van der Waals surface area contributed by atoms with Gasteiger partial charge in [-0.1, -0.05) is 115 Å². The first-order chi connectivity index (χ1) is 21.3. The highest BCUT2D eigenvalue weighted by molar-refractivity contribution is 6.06. The Bertz CT molecular complexity index is 2150. The van der Waals surface area contributed by atoms with E-state index in [1.54, 1.807) is 0 Å². The van der Waals surface area contributed by atoms with Crippen LogP contribution in [0.5, 0.6) is 0 Å². The smallest absolute Gasteiger partial charge is 0.227 e. The van der Waals surface area contributed by atoms with Crippen LogP contribution in [-0.4, -0.2) is 10.8 Å². The minimum absolute atomic E-state index is 0.0128. The molecule has 1 aromatic heterocycles. The number of rotatable bonds is 5. The fourth-order valence-corrected chi connectivity index (χ4v) is 5.74. The van der Waals surface area contributed by atoms with Gasteiger partial charge in [-0.15, -0.1) is 0 Å². The van der Waals surface area contributed by atoms with Gasteiger partial charge in [-0.25, -0.2) is 9.98 Å². The number of amidine groups is 1. The standard InChI is InChI=1S/C39H27N3O/c1-4-11-26(12-5-1)34-25-35(27-13-6-2-7-14-27)41-38(40-34)32-18-10-17-29(24-32)30-19-21-33-31(23-30)20-22-36-37(33)42-39(43-36)28-15-8-3-9-16-28/h1-25,34H,(H,40,41). The molecule has 0 aliphatic carbocycles. The molecule has 4 heteroatoms. The molecular weight excluding hydrogens is 526 g/mol. The zero-order chi connectivity index (χ0) is 28.6. The van der Waals surface area contributed by atoms with E-state index in [1.807, 2.05) is 48.5 Å². The fraction of sp³-hybridized carbons (Fsp3) is 0.0256. The summed E-state index contributed by atoms with van der Waals surface area (Å²) in [5.74, 6) is 1.49. The Morgan fingerprint density at radius 2 is 1.23 bits per heavy atom. The number of benzene rings is 6. The predicted molar refractivity (Wildman–Crippen MR) is 176 cm³/mol. The van der Waals surface area contributed by atoms with E-state index < -0.39 is 0 Å². The first-order valence-corrected chi connectivity index (χ1v) is 14.5. The van der Waals surface area contributed by atoms with Gasteiger partial charge in [0.15, 0.2) is 5.58 Å². The minimum Gasteiger partial charge on any atom is -0.436 e. The molecule has 8 rings (SSSR count). The van der Waals surface area contributed by atoms with Crippen LogP contribution in [0.25, 0.3) is 50.2 Å². The Morgan fingerprint density at radius 1 is 0.558 bits per heavy atom. The summed E-state index contributed by atoms with van der Waals surface area (Å²) in [6, 6.07) is 50.2. The first kappa shape index (κ1) is 25.0. The van der Waals surface area contributed by atoms with Crippen molar-refractivity contribution in [3.8, 4) is 22.6 Å². The van der Waals surface area contributed by atoms with Crippen molar-refractivity contribution in [3.63, 3.8) is 0 Å². The van der Waals surface area contributed by atoms with Crippen LogP contribution < -0.4 is 5.32 Å². The summed E-state index contributed by atoms with van der Waals surface area (Å²) >= 11 is 0. The second-order valence-electron chi connectivity index (χ2n) is 10.7. The third-order valence-electron chi connectivity index (χ3n) is 7.94. The fourth-order valence-electron chi connectivity index (χ4n) is 5.74. The van der Waals surface area contributed by atoms with Crippen LogP contribution in [0.1, 0.15) is 22.7 Å². The topological polar surface area (TPSA) is 50.4 Å². The molecule has 0 spiro atoms. The summed E-state index contributed by atoms with van der Waals surface area (Å²) in [4.78, 5) is 9.95. The molecule has 1 unspecified atom stereocenters.